The van der Waals surface area contributed by atoms with Gasteiger partial charge in [-0.15, -0.1) is 22.7 Å². The Labute approximate surface area is 327 Å². The lowest BCUT2D eigenvalue weighted by molar-refractivity contribution is -0.148. The minimum Gasteiger partial charge on any atom is -0.481 e. The van der Waals surface area contributed by atoms with Crippen molar-refractivity contribution in [3.05, 3.63) is 32.2 Å². The van der Waals surface area contributed by atoms with Gasteiger partial charge in [0.2, 0.25) is 5.91 Å². The van der Waals surface area contributed by atoms with Crippen LogP contribution in [-0.2, 0) is 36.5 Å². The maximum atomic E-state index is 13.6. The number of carboxylic acids is 1. The molecule has 13 nitrogen and oxygen atoms in total. The van der Waals surface area contributed by atoms with E-state index >= 15 is 0 Å². The summed E-state index contributed by atoms with van der Waals surface area (Å²) in [5, 5.41) is 18.1. The summed E-state index contributed by atoms with van der Waals surface area (Å²) in [5.41, 5.74) is -2.22. The van der Waals surface area contributed by atoms with Crippen molar-refractivity contribution < 1.29 is 47.0 Å². The Morgan fingerprint density at radius 3 is 2.36 bits per heavy atom. The summed E-state index contributed by atoms with van der Waals surface area (Å²) in [7, 11) is 3.80. The molecule has 2 aromatic rings. The van der Waals surface area contributed by atoms with E-state index in [0.29, 0.717) is 17.3 Å². The number of aliphatic carboxylic acids is 1. The molecule has 306 valence electrons. The second kappa shape index (κ2) is 19.1. The Balaban J connectivity index is 1.52. The van der Waals surface area contributed by atoms with E-state index in [1.165, 1.54) is 19.2 Å². The number of carbonyl (C=O) groups is 5. The third-order valence-corrected chi connectivity index (χ3v) is 12.1. The monoisotopic (exact) mass is 814 g/mol. The van der Waals surface area contributed by atoms with Crippen LogP contribution < -0.4 is 10.6 Å². The molecule has 18 heteroatoms. The molecule has 2 amide bonds. The fraction of sp³-hybridized carbons (Fsp3) is 0.703. The number of amides is 2. The van der Waals surface area contributed by atoms with Gasteiger partial charge in [-0.25, -0.2) is 9.97 Å². The van der Waals surface area contributed by atoms with Crippen LogP contribution in [0.3, 0.4) is 0 Å². The van der Waals surface area contributed by atoms with Crippen molar-refractivity contribution in [1.82, 2.24) is 30.4 Å². The predicted octanol–water partition coefficient (Wildman–Crippen LogP) is 5.36. The molecule has 1 saturated heterocycles. The molecule has 4 rings (SSSR count). The number of ether oxygens (including phenoxy) is 1. The van der Waals surface area contributed by atoms with Gasteiger partial charge in [-0.1, -0.05) is 40.0 Å². The van der Waals surface area contributed by atoms with Crippen LogP contribution in [0.2, 0.25) is 0 Å². The predicted molar refractivity (Wildman–Crippen MR) is 201 cm³/mol. The number of hydrogen-bond donors (Lipinski definition) is 3. The first kappa shape index (κ1) is 44.2. The Morgan fingerprint density at radius 1 is 1.09 bits per heavy atom. The van der Waals surface area contributed by atoms with Crippen LogP contribution >= 0.6 is 22.7 Å². The molecule has 1 aliphatic heterocycles. The molecule has 1 saturated carbocycles. The number of carboxylic acid groups (broad SMARTS) is 1. The molecule has 1 aliphatic carbocycles. The first-order valence-electron chi connectivity index (χ1n) is 18.7. The zero-order valence-electron chi connectivity index (χ0n) is 32.2. The maximum absolute atomic E-state index is 13.6. The molecule has 0 aromatic carbocycles. The molecule has 0 radical (unpaired) electrons. The normalized spacial score (nSPS) is 19.9. The number of aldehydes is 1. The number of thiazole rings is 2. The molecule has 2 aliphatic rings. The summed E-state index contributed by atoms with van der Waals surface area (Å²) in [6, 6.07) is -1.44. The van der Waals surface area contributed by atoms with Gasteiger partial charge < -0.3 is 30.2 Å². The van der Waals surface area contributed by atoms with Gasteiger partial charge in [0.1, 0.15) is 22.5 Å². The maximum Gasteiger partial charge on any atom is 0.434 e. The van der Waals surface area contributed by atoms with E-state index in [4.69, 9.17) is 4.74 Å². The van der Waals surface area contributed by atoms with Crippen LogP contribution in [0.4, 0.5) is 13.2 Å². The second-order valence-electron chi connectivity index (χ2n) is 15.5. The number of carbonyl (C=O) groups excluding carboxylic acids is 4. The SMILES string of the molecule is CC(=O)O[C@H](C[C@H](C(C)C)N(C)C[C@](C=O)(CC1CC1)NC(=O)[C@H]1CCCCN1C)c1nc(C(=O)N[C@@H](Cc2nc(C(F)(F)F)cs2)C[C@H](C)C(=O)O)cs1. The fourth-order valence-electron chi connectivity index (χ4n) is 7.25. The molecule has 0 bridgehead atoms. The van der Waals surface area contributed by atoms with Crippen LogP contribution in [-0.4, -0.2) is 106 Å². The van der Waals surface area contributed by atoms with Gasteiger partial charge in [0, 0.05) is 49.2 Å². The quantitative estimate of drug-likeness (QED) is 0.116. The summed E-state index contributed by atoms with van der Waals surface area (Å²) in [4.78, 5) is 76.2. The van der Waals surface area contributed by atoms with Gasteiger partial charge in [0.25, 0.3) is 5.91 Å². The van der Waals surface area contributed by atoms with Crippen LogP contribution in [0, 0.1) is 17.8 Å². The number of likely N-dealkylation sites (N-methyl/N-ethyl adjacent to an activating group) is 2. The summed E-state index contributed by atoms with van der Waals surface area (Å²) in [6.07, 6.45) is 0.581. The minimum absolute atomic E-state index is 0.00282. The van der Waals surface area contributed by atoms with Crippen molar-refractivity contribution in [2.45, 2.75) is 121 Å². The molecule has 0 unspecified atom stereocenters. The van der Waals surface area contributed by atoms with E-state index in [0.717, 1.165) is 73.0 Å². The molecule has 2 fully saturated rings. The van der Waals surface area contributed by atoms with Crippen LogP contribution in [0.25, 0.3) is 0 Å². The summed E-state index contributed by atoms with van der Waals surface area (Å²) in [5.74, 6) is -3.12. The molecule has 3 N–H and O–H groups in total. The topological polar surface area (TPSA) is 171 Å². The second-order valence-corrected chi connectivity index (χ2v) is 17.3. The summed E-state index contributed by atoms with van der Waals surface area (Å²) < 4.78 is 45.3. The number of piperidine rings is 1. The molecule has 2 aromatic heterocycles. The third kappa shape index (κ3) is 12.8. The lowest BCUT2D eigenvalue weighted by atomic mass is 9.89. The van der Waals surface area contributed by atoms with Crippen molar-refractivity contribution in [3.63, 3.8) is 0 Å². The van der Waals surface area contributed by atoms with Crippen LogP contribution in [0.15, 0.2) is 10.8 Å². The Kier molecular flexibility index (Phi) is 15.4. The number of aromatic nitrogens is 2. The highest BCUT2D eigenvalue weighted by Crippen LogP contribution is 2.38. The zero-order chi connectivity index (χ0) is 40.7. The van der Waals surface area contributed by atoms with Crippen molar-refractivity contribution in [2.24, 2.45) is 17.8 Å². The molecule has 6 atom stereocenters. The van der Waals surface area contributed by atoms with E-state index in [1.807, 2.05) is 37.7 Å². The van der Waals surface area contributed by atoms with Crippen molar-refractivity contribution in [3.8, 4) is 0 Å². The van der Waals surface area contributed by atoms with Gasteiger partial charge in [-0.3, -0.25) is 24.1 Å². The van der Waals surface area contributed by atoms with E-state index in [1.54, 1.807) is 0 Å². The summed E-state index contributed by atoms with van der Waals surface area (Å²) >= 11 is 1.86. The lowest BCUT2D eigenvalue weighted by Crippen LogP contribution is -2.62. The highest BCUT2D eigenvalue weighted by molar-refractivity contribution is 7.10. The van der Waals surface area contributed by atoms with Gasteiger partial charge in [0.05, 0.1) is 17.0 Å². The first-order valence-corrected chi connectivity index (χ1v) is 20.4. The van der Waals surface area contributed by atoms with Crippen molar-refractivity contribution in [1.29, 1.82) is 0 Å². The lowest BCUT2D eigenvalue weighted by Gasteiger charge is -2.41. The number of esters is 1. The fourth-order valence-corrected chi connectivity index (χ4v) is 8.97. The number of halogens is 3. The van der Waals surface area contributed by atoms with E-state index in [-0.39, 0.29) is 60.4 Å². The number of likely N-dealkylation sites (tertiary alicyclic amines) is 1. The minimum atomic E-state index is -4.64. The molecule has 0 spiro atoms. The zero-order valence-corrected chi connectivity index (χ0v) is 33.8. The van der Waals surface area contributed by atoms with E-state index in [2.05, 4.69) is 20.6 Å². The van der Waals surface area contributed by atoms with Gasteiger partial charge >= 0.3 is 18.1 Å². The van der Waals surface area contributed by atoms with E-state index in [9.17, 15) is 42.3 Å². The molecule has 3 heterocycles. The summed E-state index contributed by atoms with van der Waals surface area (Å²) in [6.45, 7) is 7.76. The Hall–Kier alpha value is -3.48. The number of nitrogens with zero attached hydrogens (tertiary/aromatic N) is 4. The van der Waals surface area contributed by atoms with Crippen LogP contribution in [0.1, 0.15) is 111 Å². The first-order chi connectivity index (χ1) is 25.8. The van der Waals surface area contributed by atoms with Gasteiger partial charge in [-0.05, 0) is 58.2 Å². The average molecular weight is 815 g/mol. The van der Waals surface area contributed by atoms with Gasteiger partial charge in [0.15, 0.2) is 11.8 Å². The number of alkyl halides is 3. The standard InChI is InChI=1S/C37H53F3N6O7S2/c1-21(2)28(46(6)19-36(20-47,16-24-10-11-24)44-33(50)27-9-7-8-12-45(27)5)15-29(53-23(4)48)34-42-26(17-55-34)32(49)41-25(13-22(3)35(51)52)14-31-43-30(18-54-31)37(38,39)40/h17-18,20-22,24-25,27-29H,7-16,19H2,1-6H3,(H,41,49)(H,44,50)(H,51,52)/t22-,25+,27+,28+,29+,36-/m0/s1. The largest absolute Gasteiger partial charge is 0.481 e. The Morgan fingerprint density at radius 2 is 1.80 bits per heavy atom. The third-order valence-electron chi connectivity index (χ3n) is 10.3. The molecule has 55 heavy (non-hydrogen) atoms. The van der Waals surface area contributed by atoms with Crippen molar-refractivity contribution >= 4 is 52.7 Å². The number of rotatable bonds is 20. The van der Waals surface area contributed by atoms with E-state index < -0.39 is 53.3 Å². The van der Waals surface area contributed by atoms with Gasteiger partial charge in [-0.2, -0.15) is 13.2 Å². The van der Waals surface area contributed by atoms with Crippen molar-refractivity contribution in [2.75, 3.05) is 27.2 Å². The number of nitrogens with one attached hydrogen (secondary N) is 2. The Bertz CT molecular complexity index is 1650. The highest BCUT2D eigenvalue weighted by Gasteiger charge is 2.43. The molecular weight excluding hydrogens is 762 g/mol. The van der Waals surface area contributed by atoms with Crippen LogP contribution in [0.5, 0.6) is 0 Å². The number of hydrogen-bond acceptors (Lipinski definition) is 12. The molecular formula is C37H53F3N6O7S2. The highest BCUT2D eigenvalue weighted by atomic mass is 32.1. The smallest absolute Gasteiger partial charge is 0.434 e. The average Bonchev–Trinajstić information content (AvgIpc) is 3.53.